The quantitative estimate of drug-likeness (QED) is 0.267. The number of non-ortho nitro benzene ring substituents is 1. The summed E-state index contributed by atoms with van der Waals surface area (Å²) in [7, 11) is 0. The molecule has 0 fully saturated rings. The van der Waals surface area contributed by atoms with Crippen LogP contribution in [0.5, 0.6) is 0 Å². The number of carbonyl (C=O) groups excluding carboxylic acids is 2. The fraction of sp³-hybridized carbons (Fsp3) is 0.0526. The van der Waals surface area contributed by atoms with Gasteiger partial charge in [-0.25, -0.2) is 4.79 Å². The van der Waals surface area contributed by atoms with Crippen molar-refractivity contribution in [2.45, 2.75) is 0 Å². The lowest BCUT2D eigenvalue weighted by Gasteiger charge is -2.04. The van der Waals surface area contributed by atoms with Crippen molar-refractivity contribution in [1.29, 1.82) is 0 Å². The molecule has 0 radical (unpaired) electrons. The van der Waals surface area contributed by atoms with E-state index in [4.69, 9.17) is 20.8 Å². The number of nitro groups is 1. The van der Waals surface area contributed by atoms with Crippen molar-refractivity contribution < 1.29 is 23.7 Å². The molecule has 136 valence electrons. The van der Waals surface area contributed by atoms with E-state index in [9.17, 15) is 19.7 Å². The average Bonchev–Trinajstić information content (AvgIpc) is 3.16. The van der Waals surface area contributed by atoms with Gasteiger partial charge in [0.15, 0.2) is 6.61 Å². The molecule has 0 atom stereocenters. The number of nitrogens with zero attached hydrogens (tertiary/aromatic N) is 1. The Kier molecular flexibility index (Phi) is 5.33. The summed E-state index contributed by atoms with van der Waals surface area (Å²) < 4.78 is 10.4. The maximum absolute atomic E-state index is 12.1. The number of nitro benzene ring substituents is 1. The van der Waals surface area contributed by atoms with Gasteiger partial charge in [-0.3, -0.25) is 14.9 Å². The molecule has 27 heavy (non-hydrogen) atoms. The Hall–Kier alpha value is -3.45. The molecule has 7 nitrogen and oxygen atoms in total. The monoisotopic (exact) mass is 385 g/mol. The van der Waals surface area contributed by atoms with E-state index in [-0.39, 0.29) is 22.0 Å². The first kappa shape index (κ1) is 18.3. The zero-order chi connectivity index (χ0) is 19.4. The summed E-state index contributed by atoms with van der Waals surface area (Å²) in [5, 5.41) is 11.0. The summed E-state index contributed by atoms with van der Waals surface area (Å²) in [6, 6.07) is 15.1. The molecule has 0 amide bonds. The number of ether oxygens (including phenoxy) is 1. The second kappa shape index (κ2) is 7.84. The second-order valence-corrected chi connectivity index (χ2v) is 5.85. The minimum atomic E-state index is -0.802. The second-order valence-electron chi connectivity index (χ2n) is 5.45. The Morgan fingerprint density at radius 2 is 1.74 bits per heavy atom. The standard InChI is InChI=1S/C19H12ClNO6/c20-15-4-2-1-3-14(15)16(22)11-26-19(23)18-10-9-17(27-18)12-5-7-13(8-6-12)21(24)25/h1-10H,11H2. The Morgan fingerprint density at radius 1 is 1.04 bits per heavy atom. The molecule has 3 rings (SSSR count). The van der Waals surface area contributed by atoms with E-state index in [1.165, 1.54) is 42.5 Å². The van der Waals surface area contributed by atoms with E-state index in [0.29, 0.717) is 11.3 Å². The van der Waals surface area contributed by atoms with Crippen molar-refractivity contribution in [2.24, 2.45) is 0 Å². The fourth-order valence-electron chi connectivity index (χ4n) is 2.32. The number of carbonyl (C=O) groups is 2. The number of esters is 1. The third-order valence-corrected chi connectivity index (χ3v) is 4.01. The Morgan fingerprint density at radius 3 is 2.41 bits per heavy atom. The minimum Gasteiger partial charge on any atom is -0.451 e. The van der Waals surface area contributed by atoms with Crippen molar-refractivity contribution in [3.8, 4) is 11.3 Å². The van der Waals surface area contributed by atoms with Gasteiger partial charge in [0.2, 0.25) is 11.5 Å². The first-order valence-corrected chi connectivity index (χ1v) is 8.13. The van der Waals surface area contributed by atoms with Gasteiger partial charge in [-0.15, -0.1) is 0 Å². The number of benzene rings is 2. The smallest absolute Gasteiger partial charge is 0.374 e. The van der Waals surface area contributed by atoms with Crippen LogP contribution in [0.4, 0.5) is 5.69 Å². The molecular formula is C19H12ClNO6. The number of ketones is 1. The zero-order valence-electron chi connectivity index (χ0n) is 13.8. The molecule has 0 N–H and O–H groups in total. The minimum absolute atomic E-state index is 0.0528. The molecule has 0 saturated carbocycles. The Bertz CT molecular complexity index is 1010. The van der Waals surface area contributed by atoms with Crippen LogP contribution in [0.3, 0.4) is 0 Å². The van der Waals surface area contributed by atoms with Crippen LogP contribution in [0.1, 0.15) is 20.9 Å². The van der Waals surface area contributed by atoms with E-state index in [1.807, 2.05) is 0 Å². The van der Waals surface area contributed by atoms with Crippen LogP contribution in [-0.4, -0.2) is 23.3 Å². The average molecular weight is 386 g/mol. The molecule has 1 heterocycles. The highest BCUT2D eigenvalue weighted by Crippen LogP contribution is 2.25. The molecule has 0 unspecified atom stereocenters. The molecule has 8 heteroatoms. The zero-order valence-corrected chi connectivity index (χ0v) is 14.5. The molecule has 3 aromatic rings. The van der Waals surface area contributed by atoms with Crippen LogP contribution in [-0.2, 0) is 4.74 Å². The third kappa shape index (κ3) is 4.21. The highest BCUT2D eigenvalue weighted by Gasteiger charge is 2.17. The van der Waals surface area contributed by atoms with Crippen LogP contribution in [0.25, 0.3) is 11.3 Å². The molecule has 0 bridgehead atoms. The van der Waals surface area contributed by atoms with Crippen molar-refractivity contribution in [2.75, 3.05) is 6.61 Å². The Balaban J connectivity index is 1.65. The van der Waals surface area contributed by atoms with E-state index < -0.39 is 23.3 Å². The Labute approximate surface area is 158 Å². The van der Waals surface area contributed by atoms with Crippen LogP contribution in [0.2, 0.25) is 5.02 Å². The van der Waals surface area contributed by atoms with Gasteiger partial charge in [0.1, 0.15) is 5.76 Å². The maximum Gasteiger partial charge on any atom is 0.374 e. The SMILES string of the molecule is O=C(OCC(=O)c1ccccc1Cl)c1ccc(-c2ccc([N+](=O)[O-])cc2)o1. The predicted molar refractivity (Wildman–Crippen MR) is 96.9 cm³/mol. The van der Waals surface area contributed by atoms with Crippen LogP contribution < -0.4 is 0 Å². The van der Waals surface area contributed by atoms with E-state index >= 15 is 0 Å². The van der Waals surface area contributed by atoms with E-state index in [2.05, 4.69) is 0 Å². The van der Waals surface area contributed by atoms with Gasteiger partial charge in [0.25, 0.3) is 5.69 Å². The molecule has 0 aliphatic carbocycles. The summed E-state index contributed by atoms with van der Waals surface area (Å²) in [5.41, 5.74) is 0.771. The summed E-state index contributed by atoms with van der Waals surface area (Å²) >= 11 is 5.93. The number of hydrogen-bond acceptors (Lipinski definition) is 6. The van der Waals surface area contributed by atoms with Crippen LogP contribution in [0.15, 0.2) is 65.1 Å². The lowest BCUT2D eigenvalue weighted by atomic mass is 10.1. The predicted octanol–water partition coefficient (Wildman–Crippen LogP) is 4.55. The van der Waals surface area contributed by atoms with Gasteiger partial charge in [-0.05, 0) is 36.4 Å². The third-order valence-electron chi connectivity index (χ3n) is 3.68. The van der Waals surface area contributed by atoms with Gasteiger partial charge in [-0.1, -0.05) is 23.7 Å². The van der Waals surface area contributed by atoms with Gasteiger partial charge in [-0.2, -0.15) is 0 Å². The normalized spacial score (nSPS) is 10.4. The summed E-state index contributed by atoms with van der Waals surface area (Å²) in [6.07, 6.45) is 0. The molecule has 2 aromatic carbocycles. The first-order valence-electron chi connectivity index (χ1n) is 7.75. The molecule has 1 aromatic heterocycles. The van der Waals surface area contributed by atoms with Gasteiger partial charge < -0.3 is 9.15 Å². The number of furan rings is 1. The van der Waals surface area contributed by atoms with E-state index in [1.54, 1.807) is 18.2 Å². The topological polar surface area (TPSA) is 99.7 Å². The lowest BCUT2D eigenvalue weighted by molar-refractivity contribution is -0.384. The lowest BCUT2D eigenvalue weighted by Crippen LogP contribution is -2.14. The van der Waals surface area contributed by atoms with Crippen molar-refractivity contribution in [3.05, 3.63) is 87.1 Å². The van der Waals surface area contributed by atoms with Crippen molar-refractivity contribution >= 4 is 29.0 Å². The molecule has 0 aliphatic heterocycles. The van der Waals surface area contributed by atoms with E-state index in [0.717, 1.165) is 0 Å². The fourth-order valence-corrected chi connectivity index (χ4v) is 2.56. The number of rotatable bonds is 6. The number of hydrogen-bond donors (Lipinski definition) is 0. The summed E-state index contributed by atoms with van der Waals surface area (Å²) in [6.45, 7) is -0.476. The van der Waals surface area contributed by atoms with Gasteiger partial charge in [0.05, 0.1) is 9.95 Å². The van der Waals surface area contributed by atoms with Crippen LogP contribution >= 0.6 is 11.6 Å². The van der Waals surface area contributed by atoms with Crippen molar-refractivity contribution in [3.63, 3.8) is 0 Å². The highest BCUT2D eigenvalue weighted by atomic mass is 35.5. The largest absolute Gasteiger partial charge is 0.451 e. The maximum atomic E-state index is 12.1. The molecule has 0 aliphatic rings. The van der Waals surface area contributed by atoms with Gasteiger partial charge in [0, 0.05) is 23.3 Å². The highest BCUT2D eigenvalue weighted by molar-refractivity contribution is 6.34. The van der Waals surface area contributed by atoms with Crippen LogP contribution in [0, 0.1) is 10.1 Å². The molecule has 0 saturated heterocycles. The van der Waals surface area contributed by atoms with Crippen molar-refractivity contribution in [1.82, 2.24) is 0 Å². The number of halogens is 1. The first-order chi connectivity index (χ1) is 13.0. The summed E-state index contributed by atoms with van der Waals surface area (Å²) in [5.74, 6) is -0.982. The van der Waals surface area contributed by atoms with Gasteiger partial charge >= 0.3 is 5.97 Å². The summed E-state index contributed by atoms with van der Waals surface area (Å²) in [4.78, 5) is 34.3. The molecule has 0 spiro atoms. The molecular weight excluding hydrogens is 374 g/mol. The number of Topliss-reactive ketones (excluding diaryl/α,β-unsaturated/α-hetero) is 1.